The molecule has 0 spiro atoms. The van der Waals surface area contributed by atoms with Crippen LogP contribution < -0.4 is 5.32 Å². The number of anilines is 1. The highest BCUT2D eigenvalue weighted by Gasteiger charge is 2.46. The third-order valence-electron chi connectivity index (χ3n) is 3.83. The summed E-state index contributed by atoms with van der Waals surface area (Å²) >= 11 is 0. The molecule has 7 nitrogen and oxygen atoms in total. The SMILES string of the molecule is Cc1cc(NC2CC(=O)N(C3CC3)C2=O)ccc1[N+](=O)[O-]. The Bertz CT molecular complexity index is 639. The number of carbonyl (C=O) groups excluding carboxylic acids is 2. The summed E-state index contributed by atoms with van der Waals surface area (Å²) < 4.78 is 0. The molecule has 2 fully saturated rings. The minimum atomic E-state index is -0.570. The third kappa shape index (κ3) is 2.46. The second-order valence-corrected chi connectivity index (χ2v) is 5.49. The summed E-state index contributed by atoms with van der Waals surface area (Å²) in [5.41, 5.74) is 1.16. The molecular weight excluding hydrogens is 274 g/mol. The molecule has 0 bridgehead atoms. The number of nitrogens with zero attached hydrogens (tertiary/aromatic N) is 2. The molecule has 1 aliphatic carbocycles. The fourth-order valence-corrected chi connectivity index (χ4v) is 2.63. The van der Waals surface area contributed by atoms with Gasteiger partial charge in [0, 0.05) is 23.4 Å². The maximum atomic E-state index is 12.2. The number of hydrogen-bond acceptors (Lipinski definition) is 5. The highest BCUT2D eigenvalue weighted by Crippen LogP contribution is 2.32. The number of hydrogen-bond donors (Lipinski definition) is 1. The van der Waals surface area contributed by atoms with Crippen LogP contribution in [0.4, 0.5) is 11.4 Å². The van der Waals surface area contributed by atoms with Crippen molar-refractivity contribution in [1.82, 2.24) is 4.90 Å². The van der Waals surface area contributed by atoms with Crippen LogP contribution in [0.25, 0.3) is 0 Å². The van der Waals surface area contributed by atoms with Gasteiger partial charge in [0.2, 0.25) is 5.91 Å². The number of amides is 2. The Balaban J connectivity index is 1.75. The average Bonchev–Trinajstić information content (AvgIpc) is 3.18. The van der Waals surface area contributed by atoms with Crippen LogP contribution >= 0.6 is 0 Å². The zero-order valence-corrected chi connectivity index (χ0v) is 11.5. The molecule has 1 heterocycles. The standard InChI is InChI=1S/C14H15N3O4/c1-8-6-9(2-5-12(8)17(20)21)15-11-7-13(18)16(14(11)19)10-3-4-10/h2,5-6,10-11,15H,3-4,7H2,1H3. The van der Waals surface area contributed by atoms with Crippen LogP contribution in [0.2, 0.25) is 0 Å². The smallest absolute Gasteiger partial charge is 0.272 e. The molecule has 1 saturated carbocycles. The number of aryl methyl sites for hydroxylation is 1. The summed E-state index contributed by atoms with van der Waals surface area (Å²) in [5.74, 6) is -0.336. The number of benzene rings is 1. The second-order valence-electron chi connectivity index (χ2n) is 5.49. The van der Waals surface area contributed by atoms with Crippen LogP contribution in [0.3, 0.4) is 0 Å². The van der Waals surface area contributed by atoms with E-state index in [2.05, 4.69) is 5.32 Å². The minimum absolute atomic E-state index is 0.0361. The van der Waals surface area contributed by atoms with Crippen molar-refractivity contribution in [3.63, 3.8) is 0 Å². The first-order valence-electron chi connectivity index (χ1n) is 6.85. The van der Waals surface area contributed by atoms with Gasteiger partial charge in [-0.05, 0) is 31.9 Å². The fraction of sp³-hybridized carbons (Fsp3) is 0.429. The molecule has 2 aliphatic rings. The Morgan fingerprint density at radius 3 is 2.62 bits per heavy atom. The van der Waals surface area contributed by atoms with Gasteiger partial charge in [0.15, 0.2) is 0 Å². The lowest BCUT2D eigenvalue weighted by Crippen LogP contribution is -2.36. The number of nitro groups is 1. The lowest BCUT2D eigenvalue weighted by molar-refractivity contribution is -0.385. The molecule has 7 heteroatoms. The molecule has 3 rings (SSSR count). The van der Waals surface area contributed by atoms with Crippen LogP contribution in [0.1, 0.15) is 24.8 Å². The number of imide groups is 1. The van der Waals surface area contributed by atoms with Gasteiger partial charge in [0.25, 0.3) is 11.6 Å². The van der Waals surface area contributed by atoms with E-state index in [-0.39, 0.29) is 30.0 Å². The number of carbonyl (C=O) groups is 2. The number of likely N-dealkylation sites (tertiary alicyclic amines) is 1. The van der Waals surface area contributed by atoms with E-state index >= 15 is 0 Å². The first-order chi connectivity index (χ1) is 9.97. The van der Waals surface area contributed by atoms with Gasteiger partial charge < -0.3 is 5.32 Å². The van der Waals surface area contributed by atoms with E-state index in [0.717, 1.165) is 12.8 Å². The number of nitro benzene ring substituents is 1. The van der Waals surface area contributed by atoms with E-state index in [4.69, 9.17) is 0 Å². The van der Waals surface area contributed by atoms with Gasteiger partial charge >= 0.3 is 0 Å². The summed E-state index contributed by atoms with van der Waals surface area (Å²) in [6.45, 7) is 1.64. The Hall–Kier alpha value is -2.44. The van der Waals surface area contributed by atoms with Crippen molar-refractivity contribution in [3.05, 3.63) is 33.9 Å². The molecule has 1 saturated heterocycles. The summed E-state index contributed by atoms with van der Waals surface area (Å²) in [6.07, 6.45) is 1.92. The van der Waals surface area contributed by atoms with Crippen LogP contribution in [-0.4, -0.2) is 33.7 Å². The lowest BCUT2D eigenvalue weighted by atomic mass is 10.1. The van der Waals surface area contributed by atoms with E-state index in [1.807, 2.05) is 0 Å². The van der Waals surface area contributed by atoms with Crippen molar-refractivity contribution in [3.8, 4) is 0 Å². The van der Waals surface area contributed by atoms with Crippen LogP contribution in [0, 0.1) is 17.0 Å². The quantitative estimate of drug-likeness (QED) is 0.516. The zero-order chi connectivity index (χ0) is 15.1. The molecule has 1 unspecified atom stereocenters. The van der Waals surface area contributed by atoms with Crippen molar-refractivity contribution in [1.29, 1.82) is 0 Å². The van der Waals surface area contributed by atoms with Gasteiger partial charge in [-0.1, -0.05) is 0 Å². The molecule has 1 atom stereocenters. The normalized spacial score (nSPS) is 21.8. The van der Waals surface area contributed by atoms with Gasteiger partial charge in [-0.25, -0.2) is 0 Å². The second kappa shape index (κ2) is 4.83. The van der Waals surface area contributed by atoms with Crippen LogP contribution in [-0.2, 0) is 9.59 Å². The minimum Gasteiger partial charge on any atom is -0.373 e. The van der Waals surface area contributed by atoms with Crippen molar-refractivity contribution in [2.45, 2.75) is 38.3 Å². The number of rotatable bonds is 4. The molecule has 1 aromatic carbocycles. The Kier molecular flexibility index (Phi) is 3.12. The molecular formula is C14H15N3O4. The van der Waals surface area contributed by atoms with Gasteiger partial charge in [-0.3, -0.25) is 24.6 Å². The first-order valence-corrected chi connectivity index (χ1v) is 6.85. The maximum absolute atomic E-state index is 12.2. The van der Waals surface area contributed by atoms with Crippen molar-refractivity contribution < 1.29 is 14.5 Å². The van der Waals surface area contributed by atoms with Crippen molar-refractivity contribution in [2.75, 3.05) is 5.32 Å². The van der Waals surface area contributed by atoms with E-state index < -0.39 is 11.0 Å². The molecule has 2 amide bonds. The van der Waals surface area contributed by atoms with Gasteiger partial charge in [0.1, 0.15) is 6.04 Å². The predicted molar refractivity (Wildman–Crippen MR) is 74.7 cm³/mol. The van der Waals surface area contributed by atoms with Crippen molar-refractivity contribution in [2.24, 2.45) is 0 Å². The third-order valence-corrected chi connectivity index (χ3v) is 3.83. The molecule has 0 aromatic heterocycles. The summed E-state index contributed by atoms with van der Waals surface area (Å²) in [4.78, 5) is 35.7. The zero-order valence-electron chi connectivity index (χ0n) is 11.5. The monoisotopic (exact) mass is 289 g/mol. The van der Waals surface area contributed by atoms with Gasteiger partial charge in [0.05, 0.1) is 11.3 Å². The first kappa shape index (κ1) is 13.5. The van der Waals surface area contributed by atoms with Crippen LogP contribution in [0.5, 0.6) is 0 Å². The maximum Gasteiger partial charge on any atom is 0.272 e. The highest BCUT2D eigenvalue weighted by atomic mass is 16.6. The Morgan fingerprint density at radius 2 is 2.05 bits per heavy atom. The molecule has 1 aliphatic heterocycles. The average molecular weight is 289 g/mol. The van der Waals surface area contributed by atoms with Crippen molar-refractivity contribution >= 4 is 23.2 Å². The fourth-order valence-electron chi connectivity index (χ4n) is 2.63. The van der Waals surface area contributed by atoms with E-state index in [1.165, 1.54) is 11.0 Å². The van der Waals surface area contributed by atoms with Gasteiger partial charge in [-0.2, -0.15) is 0 Å². The molecule has 21 heavy (non-hydrogen) atoms. The lowest BCUT2D eigenvalue weighted by Gasteiger charge is -2.15. The van der Waals surface area contributed by atoms with E-state index in [0.29, 0.717) is 11.3 Å². The molecule has 110 valence electrons. The summed E-state index contributed by atoms with van der Waals surface area (Å²) in [6, 6.07) is 4.09. The largest absolute Gasteiger partial charge is 0.373 e. The predicted octanol–water partition coefficient (Wildman–Crippen LogP) is 1.61. The van der Waals surface area contributed by atoms with Gasteiger partial charge in [-0.15, -0.1) is 0 Å². The van der Waals surface area contributed by atoms with E-state index in [9.17, 15) is 19.7 Å². The van der Waals surface area contributed by atoms with E-state index in [1.54, 1.807) is 19.1 Å². The topological polar surface area (TPSA) is 92.6 Å². The number of nitrogens with one attached hydrogen (secondary N) is 1. The summed E-state index contributed by atoms with van der Waals surface area (Å²) in [7, 11) is 0. The summed E-state index contributed by atoms with van der Waals surface area (Å²) in [5, 5.41) is 13.8. The highest BCUT2D eigenvalue weighted by molar-refractivity contribution is 6.07. The molecule has 1 aromatic rings. The van der Waals surface area contributed by atoms with Crippen LogP contribution in [0.15, 0.2) is 18.2 Å². The molecule has 0 radical (unpaired) electrons. The molecule has 1 N–H and O–H groups in total. The Morgan fingerprint density at radius 1 is 1.33 bits per heavy atom. The Labute approximate surface area is 121 Å².